The van der Waals surface area contributed by atoms with Gasteiger partial charge in [0.2, 0.25) is 0 Å². The third-order valence-electron chi connectivity index (χ3n) is 4.88. The standard InChI is InChI=1S/C21H24ClNO3/c1-14-12-18(22)6-9-20(14)26-15(2)21(24)23-11-10-17(13-23)16-4-7-19(25-3)8-5-16/h4-9,12,15,17H,10-11,13H2,1-3H3. The predicted molar refractivity (Wildman–Crippen MR) is 103 cm³/mol. The first-order chi connectivity index (χ1) is 12.5. The minimum absolute atomic E-state index is 0.0235. The summed E-state index contributed by atoms with van der Waals surface area (Å²) in [5.74, 6) is 1.92. The van der Waals surface area contributed by atoms with Crippen molar-refractivity contribution in [1.82, 2.24) is 4.90 Å². The van der Waals surface area contributed by atoms with E-state index in [1.54, 1.807) is 20.1 Å². The first-order valence-corrected chi connectivity index (χ1v) is 9.21. The van der Waals surface area contributed by atoms with Gasteiger partial charge in [0, 0.05) is 24.0 Å². The molecule has 3 rings (SSSR count). The van der Waals surface area contributed by atoms with E-state index in [-0.39, 0.29) is 5.91 Å². The van der Waals surface area contributed by atoms with Crippen LogP contribution in [0.1, 0.15) is 30.4 Å². The van der Waals surface area contributed by atoms with Crippen molar-refractivity contribution in [3.05, 3.63) is 58.6 Å². The van der Waals surface area contributed by atoms with Crippen molar-refractivity contribution in [1.29, 1.82) is 0 Å². The van der Waals surface area contributed by atoms with Crippen LogP contribution in [0.3, 0.4) is 0 Å². The number of likely N-dealkylation sites (tertiary alicyclic amines) is 1. The highest BCUT2D eigenvalue weighted by molar-refractivity contribution is 6.30. The van der Waals surface area contributed by atoms with Crippen LogP contribution in [0.2, 0.25) is 5.02 Å². The van der Waals surface area contributed by atoms with Crippen LogP contribution in [-0.2, 0) is 4.79 Å². The van der Waals surface area contributed by atoms with Crippen LogP contribution in [0.15, 0.2) is 42.5 Å². The van der Waals surface area contributed by atoms with Crippen LogP contribution in [0, 0.1) is 6.92 Å². The molecular weight excluding hydrogens is 350 g/mol. The number of carbonyl (C=O) groups is 1. The highest BCUT2D eigenvalue weighted by Gasteiger charge is 2.30. The number of rotatable bonds is 5. The van der Waals surface area contributed by atoms with Gasteiger partial charge in [-0.2, -0.15) is 0 Å². The van der Waals surface area contributed by atoms with E-state index in [0.29, 0.717) is 16.7 Å². The summed E-state index contributed by atoms with van der Waals surface area (Å²) in [5, 5.41) is 0.663. The molecule has 26 heavy (non-hydrogen) atoms. The Morgan fingerprint density at radius 3 is 2.62 bits per heavy atom. The molecule has 0 N–H and O–H groups in total. The molecule has 1 saturated heterocycles. The summed E-state index contributed by atoms with van der Waals surface area (Å²) in [7, 11) is 1.66. The van der Waals surface area contributed by atoms with Crippen LogP contribution in [-0.4, -0.2) is 37.1 Å². The highest BCUT2D eigenvalue weighted by atomic mass is 35.5. The smallest absolute Gasteiger partial charge is 0.263 e. The maximum absolute atomic E-state index is 12.8. The average molecular weight is 374 g/mol. The number of hydrogen-bond acceptors (Lipinski definition) is 3. The van der Waals surface area contributed by atoms with E-state index in [9.17, 15) is 4.79 Å². The molecule has 138 valence electrons. The van der Waals surface area contributed by atoms with E-state index in [1.807, 2.05) is 36.1 Å². The van der Waals surface area contributed by atoms with Gasteiger partial charge in [-0.1, -0.05) is 23.7 Å². The van der Waals surface area contributed by atoms with E-state index in [2.05, 4.69) is 12.1 Å². The molecule has 2 unspecified atom stereocenters. The number of nitrogens with zero attached hydrogens (tertiary/aromatic N) is 1. The van der Waals surface area contributed by atoms with Gasteiger partial charge in [-0.3, -0.25) is 4.79 Å². The van der Waals surface area contributed by atoms with Crippen molar-refractivity contribution in [2.24, 2.45) is 0 Å². The molecule has 1 aliphatic rings. The summed E-state index contributed by atoms with van der Waals surface area (Å²) in [6.07, 6.45) is 0.439. The van der Waals surface area contributed by atoms with Crippen LogP contribution >= 0.6 is 11.6 Å². The van der Waals surface area contributed by atoms with Gasteiger partial charge in [-0.05, 0) is 61.7 Å². The fraction of sp³-hybridized carbons (Fsp3) is 0.381. The number of ether oxygens (including phenoxy) is 2. The molecule has 0 spiro atoms. The second kappa shape index (κ2) is 8.00. The van der Waals surface area contributed by atoms with Gasteiger partial charge in [0.15, 0.2) is 6.10 Å². The Labute approximate surface area is 159 Å². The Kier molecular flexibility index (Phi) is 5.72. The quantitative estimate of drug-likeness (QED) is 0.777. The second-order valence-corrected chi connectivity index (χ2v) is 7.15. The van der Waals surface area contributed by atoms with Gasteiger partial charge < -0.3 is 14.4 Å². The van der Waals surface area contributed by atoms with Crippen molar-refractivity contribution in [3.8, 4) is 11.5 Å². The Bertz CT molecular complexity index is 775. The molecule has 0 saturated carbocycles. The molecule has 0 radical (unpaired) electrons. The predicted octanol–water partition coefficient (Wildman–Crippen LogP) is 4.44. The topological polar surface area (TPSA) is 38.8 Å². The largest absolute Gasteiger partial charge is 0.497 e. The van der Waals surface area contributed by atoms with Crippen molar-refractivity contribution < 1.29 is 14.3 Å². The Hall–Kier alpha value is -2.20. The van der Waals surface area contributed by atoms with Crippen LogP contribution in [0.4, 0.5) is 0 Å². The summed E-state index contributed by atoms with van der Waals surface area (Å²) in [6.45, 7) is 5.20. The summed E-state index contributed by atoms with van der Waals surface area (Å²) < 4.78 is 11.1. The molecule has 2 aromatic rings. The Balaban J connectivity index is 1.61. The second-order valence-electron chi connectivity index (χ2n) is 6.71. The number of hydrogen-bond donors (Lipinski definition) is 0. The van der Waals surface area contributed by atoms with Crippen LogP contribution in [0.25, 0.3) is 0 Å². The van der Waals surface area contributed by atoms with E-state index in [1.165, 1.54) is 5.56 Å². The van der Waals surface area contributed by atoms with Gasteiger partial charge in [0.05, 0.1) is 7.11 Å². The number of amides is 1. The molecule has 2 aromatic carbocycles. The van der Waals surface area contributed by atoms with Crippen molar-refractivity contribution in [2.75, 3.05) is 20.2 Å². The number of benzene rings is 2. The third-order valence-corrected chi connectivity index (χ3v) is 5.11. The van der Waals surface area contributed by atoms with Crippen LogP contribution < -0.4 is 9.47 Å². The summed E-state index contributed by atoms with van der Waals surface area (Å²) in [4.78, 5) is 14.7. The fourth-order valence-corrected chi connectivity index (χ4v) is 3.58. The minimum Gasteiger partial charge on any atom is -0.497 e. The Morgan fingerprint density at radius 1 is 1.23 bits per heavy atom. The van der Waals surface area contributed by atoms with Crippen molar-refractivity contribution in [3.63, 3.8) is 0 Å². The third kappa shape index (κ3) is 4.13. The van der Waals surface area contributed by atoms with Gasteiger partial charge in [0.25, 0.3) is 5.91 Å². The molecule has 0 aromatic heterocycles. The molecule has 5 heteroatoms. The lowest BCUT2D eigenvalue weighted by atomic mass is 9.98. The number of aryl methyl sites for hydroxylation is 1. The monoisotopic (exact) mass is 373 g/mol. The molecule has 2 atom stereocenters. The van der Waals surface area contributed by atoms with E-state index >= 15 is 0 Å². The maximum Gasteiger partial charge on any atom is 0.263 e. The van der Waals surface area contributed by atoms with Gasteiger partial charge in [-0.25, -0.2) is 0 Å². The number of halogens is 1. The van der Waals surface area contributed by atoms with Gasteiger partial charge in [-0.15, -0.1) is 0 Å². The average Bonchev–Trinajstić information content (AvgIpc) is 3.13. The zero-order chi connectivity index (χ0) is 18.7. The maximum atomic E-state index is 12.8. The first kappa shape index (κ1) is 18.6. The molecule has 4 nitrogen and oxygen atoms in total. The molecule has 1 aliphatic heterocycles. The van der Waals surface area contributed by atoms with Crippen molar-refractivity contribution >= 4 is 17.5 Å². The SMILES string of the molecule is COc1ccc(C2CCN(C(=O)C(C)Oc3ccc(Cl)cc3C)C2)cc1. The zero-order valence-electron chi connectivity index (χ0n) is 15.4. The number of carbonyl (C=O) groups excluding carboxylic acids is 1. The molecule has 1 fully saturated rings. The van der Waals surface area contributed by atoms with E-state index in [0.717, 1.165) is 30.8 Å². The first-order valence-electron chi connectivity index (χ1n) is 8.83. The lowest BCUT2D eigenvalue weighted by Gasteiger charge is -2.22. The number of methoxy groups -OCH3 is 1. The normalized spacial score (nSPS) is 17.8. The van der Waals surface area contributed by atoms with E-state index in [4.69, 9.17) is 21.1 Å². The molecule has 1 heterocycles. The lowest BCUT2D eigenvalue weighted by Crippen LogP contribution is -2.39. The minimum atomic E-state index is -0.524. The van der Waals surface area contributed by atoms with Crippen molar-refractivity contribution in [2.45, 2.75) is 32.3 Å². The van der Waals surface area contributed by atoms with Gasteiger partial charge in [0.1, 0.15) is 11.5 Å². The Morgan fingerprint density at radius 2 is 1.96 bits per heavy atom. The summed E-state index contributed by atoms with van der Waals surface area (Å²) in [5.41, 5.74) is 2.16. The van der Waals surface area contributed by atoms with Gasteiger partial charge >= 0.3 is 0 Å². The molecule has 0 aliphatic carbocycles. The van der Waals surface area contributed by atoms with E-state index < -0.39 is 6.10 Å². The summed E-state index contributed by atoms with van der Waals surface area (Å²) >= 11 is 5.97. The van der Waals surface area contributed by atoms with Crippen LogP contribution in [0.5, 0.6) is 11.5 Å². The lowest BCUT2D eigenvalue weighted by molar-refractivity contribution is -0.136. The zero-order valence-corrected chi connectivity index (χ0v) is 16.1. The highest BCUT2D eigenvalue weighted by Crippen LogP contribution is 2.29. The fourth-order valence-electron chi connectivity index (χ4n) is 3.35. The summed E-state index contributed by atoms with van der Waals surface area (Å²) in [6, 6.07) is 13.5. The molecule has 0 bridgehead atoms. The molecule has 1 amide bonds. The molecular formula is C21H24ClNO3.